The molecule has 6 nitrogen and oxygen atoms in total. The van der Waals surface area contributed by atoms with E-state index in [4.69, 9.17) is 5.11 Å². The van der Waals surface area contributed by atoms with Crippen molar-refractivity contribution in [3.8, 4) is 0 Å². The van der Waals surface area contributed by atoms with Crippen molar-refractivity contribution < 1.29 is 24.6 Å². The SMILES string of the molecule is O=C(O)CCCCCCC1COC(=O)N1O. The second kappa shape index (κ2) is 6.32. The number of aliphatic carboxylic acids is 1. The lowest BCUT2D eigenvalue weighted by atomic mass is 10.1. The zero-order valence-electron chi connectivity index (χ0n) is 9.09. The summed E-state index contributed by atoms with van der Waals surface area (Å²) >= 11 is 0. The summed E-state index contributed by atoms with van der Waals surface area (Å²) in [5, 5.41) is 18.3. The van der Waals surface area contributed by atoms with E-state index in [2.05, 4.69) is 4.74 Å². The minimum absolute atomic E-state index is 0.206. The van der Waals surface area contributed by atoms with Crippen LogP contribution in [0.4, 0.5) is 4.79 Å². The van der Waals surface area contributed by atoms with Gasteiger partial charge in [-0.1, -0.05) is 19.3 Å². The van der Waals surface area contributed by atoms with Crippen LogP contribution in [-0.4, -0.2) is 40.1 Å². The Kier molecular flexibility index (Phi) is 5.04. The van der Waals surface area contributed by atoms with Crippen LogP contribution in [0, 0.1) is 0 Å². The molecule has 16 heavy (non-hydrogen) atoms. The van der Waals surface area contributed by atoms with Crippen LogP contribution in [0.5, 0.6) is 0 Å². The highest BCUT2D eigenvalue weighted by molar-refractivity contribution is 5.68. The summed E-state index contributed by atoms with van der Waals surface area (Å²) in [7, 11) is 0. The van der Waals surface area contributed by atoms with Crippen LogP contribution in [0.15, 0.2) is 0 Å². The number of carboxylic acid groups (broad SMARTS) is 1. The summed E-state index contributed by atoms with van der Waals surface area (Å²) in [4.78, 5) is 21.0. The van der Waals surface area contributed by atoms with Gasteiger partial charge in [0.25, 0.3) is 0 Å². The number of unbranched alkanes of at least 4 members (excludes halogenated alkanes) is 3. The van der Waals surface area contributed by atoms with Gasteiger partial charge in [0.1, 0.15) is 6.61 Å². The number of carbonyl (C=O) groups excluding carboxylic acids is 1. The first kappa shape index (κ1) is 12.8. The molecule has 0 spiro atoms. The van der Waals surface area contributed by atoms with Gasteiger partial charge in [0.2, 0.25) is 0 Å². The van der Waals surface area contributed by atoms with E-state index in [1.807, 2.05) is 0 Å². The Balaban J connectivity index is 1.99. The molecule has 1 saturated heterocycles. The number of rotatable bonds is 7. The van der Waals surface area contributed by atoms with Crippen molar-refractivity contribution >= 4 is 12.1 Å². The number of hydrogen-bond acceptors (Lipinski definition) is 4. The number of cyclic esters (lactones) is 1. The van der Waals surface area contributed by atoms with Crippen LogP contribution in [0.2, 0.25) is 0 Å². The van der Waals surface area contributed by atoms with E-state index in [-0.39, 0.29) is 19.1 Å². The quantitative estimate of drug-likeness (QED) is 0.513. The molecule has 0 radical (unpaired) electrons. The monoisotopic (exact) mass is 231 g/mol. The number of ether oxygens (including phenoxy) is 1. The summed E-state index contributed by atoms with van der Waals surface area (Å²) in [6.45, 7) is 0.241. The van der Waals surface area contributed by atoms with E-state index in [0.717, 1.165) is 19.3 Å². The fourth-order valence-electron chi connectivity index (χ4n) is 1.67. The largest absolute Gasteiger partial charge is 0.481 e. The van der Waals surface area contributed by atoms with Crippen LogP contribution in [0.3, 0.4) is 0 Å². The number of carboxylic acids is 1. The second-order valence-electron chi connectivity index (χ2n) is 3.92. The van der Waals surface area contributed by atoms with E-state index < -0.39 is 12.1 Å². The first-order valence-corrected chi connectivity index (χ1v) is 5.48. The third-order valence-electron chi connectivity index (χ3n) is 2.61. The molecular formula is C10H17NO5. The van der Waals surface area contributed by atoms with Gasteiger partial charge in [0, 0.05) is 6.42 Å². The summed E-state index contributed by atoms with van der Waals surface area (Å²) in [5.41, 5.74) is 0. The molecule has 1 heterocycles. The van der Waals surface area contributed by atoms with E-state index in [1.54, 1.807) is 0 Å². The van der Waals surface area contributed by atoms with Crippen molar-refractivity contribution in [3.05, 3.63) is 0 Å². The van der Waals surface area contributed by atoms with Gasteiger partial charge in [-0.3, -0.25) is 10.0 Å². The highest BCUT2D eigenvalue weighted by Gasteiger charge is 2.31. The standard InChI is InChI=1S/C10H17NO5/c12-9(13)6-4-2-1-3-5-8-7-16-10(14)11(8)15/h8,15H,1-7H2,(H,12,13). The van der Waals surface area contributed by atoms with Crippen LogP contribution < -0.4 is 0 Å². The van der Waals surface area contributed by atoms with Crippen LogP contribution in [0.1, 0.15) is 38.5 Å². The smallest absolute Gasteiger partial charge is 0.434 e. The van der Waals surface area contributed by atoms with Crippen molar-refractivity contribution in [2.24, 2.45) is 0 Å². The number of carbonyl (C=O) groups is 2. The maximum atomic E-state index is 10.8. The Bertz CT molecular complexity index is 256. The topological polar surface area (TPSA) is 87.1 Å². The molecule has 0 aromatic carbocycles. The molecular weight excluding hydrogens is 214 g/mol. The summed E-state index contributed by atoms with van der Waals surface area (Å²) < 4.78 is 4.65. The maximum absolute atomic E-state index is 10.8. The van der Waals surface area contributed by atoms with Crippen molar-refractivity contribution in [2.75, 3.05) is 6.61 Å². The van der Waals surface area contributed by atoms with Gasteiger partial charge in [-0.05, 0) is 12.8 Å². The Morgan fingerprint density at radius 1 is 1.38 bits per heavy atom. The lowest BCUT2D eigenvalue weighted by Crippen LogP contribution is -2.29. The van der Waals surface area contributed by atoms with Gasteiger partial charge in [-0.25, -0.2) is 4.79 Å². The molecule has 0 aromatic heterocycles. The van der Waals surface area contributed by atoms with Crippen LogP contribution in [-0.2, 0) is 9.53 Å². The van der Waals surface area contributed by atoms with Crippen LogP contribution in [0.25, 0.3) is 0 Å². The molecule has 1 fully saturated rings. The number of hydrogen-bond donors (Lipinski definition) is 2. The lowest BCUT2D eigenvalue weighted by Gasteiger charge is -2.12. The Labute approximate surface area is 93.8 Å². The van der Waals surface area contributed by atoms with Crippen molar-refractivity contribution in [3.63, 3.8) is 0 Å². The van der Waals surface area contributed by atoms with E-state index >= 15 is 0 Å². The Morgan fingerprint density at radius 3 is 2.62 bits per heavy atom. The third kappa shape index (κ3) is 4.06. The van der Waals surface area contributed by atoms with Gasteiger partial charge >= 0.3 is 12.1 Å². The summed E-state index contributed by atoms with van der Waals surface area (Å²) in [6, 6.07) is -0.244. The minimum Gasteiger partial charge on any atom is -0.481 e. The fraction of sp³-hybridized carbons (Fsp3) is 0.800. The molecule has 0 bridgehead atoms. The molecule has 1 atom stereocenters. The average molecular weight is 231 g/mol. The second-order valence-corrected chi connectivity index (χ2v) is 3.92. The third-order valence-corrected chi connectivity index (χ3v) is 2.61. The molecule has 6 heteroatoms. The molecule has 0 aliphatic carbocycles. The molecule has 1 unspecified atom stereocenters. The number of amides is 1. The molecule has 1 aliphatic rings. The maximum Gasteiger partial charge on any atom is 0.434 e. The van der Waals surface area contributed by atoms with Gasteiger partial charge < -0.3 is 9.84 Å². The van der Waals surface area contributed by atoms with Crippen molar-refractivity contribution in [1.29, 1.82) is 0 Å². The predicted molar refractivity (Wildman–Crippen MR) is 54.1 cm³/mol. The van der Waals surface area contributed by atoms with Crippen molar-refractivity contribution in [1.82, 2.24) is 5.06 Å². The highest BCUT2D eigenvalue weighted by Crippen LogP contribution is 2.16. The van der Waals surface area contributed by atoms with Crippen molar-refractivity contribution in [2.45, 2.75) is 44.6 Å². The summed E-state index contributed by atoms with van der Waals surface area (Å²) in [5.74, 6) is -0.767. The normalized spacial score (nSPS) is 19.9. The number of nitrogens with zero attached hydrogens (tertiary/aromatic N) is 1. The van der Waals surface area contributed by atoms with Gasteiger partial charge in [0.05, 0.1) is 6.04 Å². The van der Waals surface area contributed by atoms with Gasteiger partial charge in [0.15, 0.2) is 0 Å². The number of hydroxylamine groups is 2. The Hall–Kier alpha value is -1.30. The summed E-state index contributed by atoms with van der Waals surface area (Å²) in [6.07, 6.45) is 3.52. The molecule has 0 aromatic rings. The highest BCUT2D eigenvalue weighted by atomic mass is 16.6. The molecule has 1 aliphatic heterocycles. The first-order valence-electron chi connectivity index (χ1n) is 5.48. The van der Waals surface area contributed by atoms with E-state index in [1.165, 1.54) is 0 Å². The minimum atomic E-state index is -0.767. The molecule has 92 valence electrons. The fourth-order valence-corrected chi connectivity index (χ4v) is 1.67. The average Bonchev–Trinajstić information content (AvgIpc) is 2.54. The van der Waals surface area contributed by atoms with Gasteiger partial charge in [-0.15, -0.1) is 0 Å². The van der Waals surface area contributed by atoms with E-state index in [0.29, 0.717) is 17.9 Å². The molecule has 1 rings (SSSR count). The molecule has 2 N–H and O–H groups in total. The molecule has 1 amide bonds. The zero-order valence-corrected chi connectivity index (χ0v) is 9.09. The van der Waals surface area contributed by atoms with Gasteiger partial charge in [-0.2, -0.15) is 5.06 Å². The van der Waals surface area contributed by atoms with E-state index in [9.17, 15) is 14.8 Å². The Morgan fingerprint density at radius 2 is 2.06 bits per heavy atom. The predicted octanol–water partition coefficient (Wildman–Crippen LogP) is 1.62. The lowest BCUT2D eigenvalue weighted by molar-refractivity contribution is -0.137. The van der Waals surface area contributed by atoms with Crippen LogP contribution >= 0.6 is 0 Å². The first-order chi connectivity index (χ1) is 7.61. The zero-order chi connectivity index (χ0) is 12.0. The molecule has 0 saturated carbocycles.